The molecule has 0 aromatic rings. The van der Waals surface area contributed by atoms with E-state index in [0.717, 1.165) is 12.8 Å². The molecule has 21 heavy (non-hydrogen) atoms. The first-order valence-corrected chi connectivity index (χ1v) is 8.79. The van der Waals surface area contributed by atoms with Crippen molar-refractivity contribution >= 4 is 15.7 Å². The first-order valence-electron chi connectivity index (χ1n) is 6.97. The third-order valence-corrected chi connectivity index (χ3v) is 5.34. The van der Waals surface area contributed by atoms with E-state index in [2.05, 4.69) is 10.6 Å². The van der Waals surface area contributed by atoms with E-state index in [1.165, 1.54) is 6.20 Å². The summed E-state index contributed by atoms with van der Waals surface area (Å²) in [6.45, 7) is 1.09. The molecule has 2 unspecified atom stereocenters. The lowest BCUT2D eigenvalue weighted by Crippen LogP contribution is -2.33. The Bertz CT molecular complexity index is 558. The number of carbonyl (C=O) groups excluding carboxylic acids is 1. The summed E-state index contributed by atoms with van der Waals surface area (Å²) in [6, 6.07) is 1.59. The van der Waals surface area contributed by atoms with Crippen LogP contribution in [-0.4, -0.2) is 51.1 Å². The predicted molar refractivity (Wildman–Crippen MR) is 75.9 cm³/mol. The van der Waals surface area contributed by atoms with Crippen LogP contribution in [0.4, 0.5) is 0 Å². The largest absolute Gasteiger partial charge is 0.386 e. The normalized spacial score (nSPS) is 28.0. The van der Waals surface area contributed by atoms with Gasteiger partial charge < -0.3 is 15.4 Å². The second-order valence-electron chi connectivity index (χ2n) is 5.28. The molecule has 0 spiro atoms. The molecule has 2 saturated heterocycles. The highest BCUT2D eigenvalue weighted by Crippen LogP contribution is 2.12. The van der Waals surface area contributed by atoms with Crippen molar-refractivity contribution in [3.05, 3.63) is 11.8 Å². The van der Waals surface area contributed by atoms with Crippen LogP contribution in [-0.2, 0) is 19.4 Å². The second kappa shape index (κ2) is 6.91. The lowest BCUT2D eigenvalue weighted by atomic mass is 10.2. The molecular formula is C13H19N3O4S. The smallest absolute Gasteiger partial charge is 0.263 e. The Morgan fingerprint density at radius 2 is 2.24 bits per heavy atom. The van der Waals surface area contributed by atoms with Gasteiger partial charge in [-0.3, -0.25) is 4.79 Å². The lowest BCUT2D eigenvalue weighted by molar-refractivity contribution is -0.117. The minimum Gasteiger partial charge on any atom is -0.386 e. The molecule has 0 saturated carbocycles. The quantitative estimate of drug-likeness (QED) is 0.521. The fourth-order valence-electron chi connectivity index (χ4n) is 2.38. The Morgan fingerprint density at radius 3 is 2.81 bits per heavy atom. The van der Waals surface area contributed by atoms with Crippen LogP contribution in [0, 0.1) is 11.3 Å². The van der Waals surface area contributed by atoms with Gasteiger partial charge in [0, 0.05) is 25.4 Å². The summed E-state index contributed by atoms with van der Waals surface area (Å²) in [5.41, 5.74) is -0.0581. The first kappa shape index (κ1) is 15.8. The number of nitriles is 1. The molecule has 1 amide bonds. The summed E-state index contributed by atoms with van der Waals surface area (Å²) >= 11 is 0. The highest BCUT2D eigenvalue weighted by atomic mass is 32.2. The second-order valence-corrected chi connectivity index (χ2v) is 7.51. The van der Waals surface area contributed by atoms with Gasteiger partial charge in [-0.05, 0) is 19.3 Å². The minimum atomic E-state index is -2.98. The molecule has 8 heteroatoms. The molecule has 2 aliphatic heterocycles. The molecule has 116 valence electrons. The van der Waals surface area contributed by atoms with E-state index in [-0.39, 0.29) is 29.2 Å². The summed E-state index contributed by atoms with van der Waals surface area (Å²) in [5, 5.41) is 14.5. The van der Waals surface area contributed by atoms with Crippen molar-refractivity contribution in [3.63, 3.8) is 0 Å². The van der Waals surface area contributed by atoms with Gasteiger partial charge in [0.2, 0.25) is 0 Å². The molecule has 0 bridgehead atoms. The molecular weight excluding hydrogens is 294 g/mol. The molecule has 0 aromatic heterocycles. The highest BCUT2D eigenvalue weighted by molar-refractivity contribution is 7.91. The number of nitrogens with zero attached hydrogens (tertiary/aromatic N) is 1. The van der Waals surface area contributed by atoms with Crippen LogP contribution in [0.1, 0.15) is 19.3 Å². The fourth-order valence-corrected chi connectivity index (χ4v) is 4.07. The molecule has 0 aromatic carbocycles. The summed E-state index contributed by atoms with van der Waals surface area (Å²) < 4.78 is 28.0. The average molecular weight is 313 g/mol. The monoisotopic (exact) mass is 313 g/mol. The van der Waals surface area contributed by atoms with Gasteiger partial charge in [-0.15, -0.1) is 0 Å². The maximum Gasteiger partial charge on any atom is 0.263 e. The molecule has 0 aliphatic carbocycles. The molecule has 2 aliphatic rings. The number of hydrogen-bond donors (Lipinski definition) is 2. The van der Waals surface area contributed by atoms with Gasteiger partial charge >= 0.3 is 0 Å². The van der Waals surface area contributed by atoms with Crippen molar-refractivity contribution in [1.29, 1.82) is 5.26 Å². The lowest BCUT2D eigenvalue weighted by Gasteiger charge is -2.11. The zero-order chi connectivity index (χ0) is 15.3. The van der Waals surface area contributed by atoms with Crippen LogP contribution in [0.15, 0.2) is 11.8 Å². The number of rotatable bonds is 5. The number of carbonyl (C=O) groups is 1. The van der Waals surface area contributed by atoms with Gasteiger partial charge in [-0.2, -0.15) is 5.26 Å². The van der Waals surface area contributed by atoms with Crippen molar-refractivity contribution < 1.29 is 17.9 Å². The Morgan fingerprint density at radius 1 is 1.43 bits per heavy atom. The van der Waals surface area contributed by atoms with Crippen LogP contribution in [0.2, 0.25) is 0 Å². The summed E-state index contributed by atoms with van der Waals surface area (Å²) in [4.78, 5) is 11.8. The average Bonchev–Trinajstić information content (AvgIpc) is 3.06. The van der Waals surface area contributed by atoms with Crippen molar-refractivity contribution in [2.75, 3.05) is 24.7 Å². The van der Waals surface area contributed by atoms with E-state index >= 15 is 0 Å². The van der Waals surface area contributed by atoms with E-state index in [4.69, 9.17) is 10.00 Å². The molecule has 2 heterocycles. The Labute approximate surface area is 124 Å². The van der Waals surface area contributed by atoms with E-state index in [0.29, 0.717) is 19.6 Å². The van der Waals surface area contributed by atoms with E-state index < -0.39 is 15.7 Å². The van der Waals surface area contributed by atoms with E-state index in [1.807, 2.05) is 6.07 Å². The highest BCUT2D eigenvalue weighted by Gasteiger charge is 2.27. The molecule has 2 rings (SSSR count). The fraction of sp³-hybridized carbons (Fsp3) is 0.692. The Balaban J connectivity index is 1.82. The van der Waals surface area contributed by atoms with Crippen LogP contribution >= 0.6 is 0 Å². The van der Waals surface area contributed by atoms with Crippen molar-refractivity contribution in [3.8, 4) is 6.07 Å². The number of amides is 1. The van der Waals surface area contributed by atoms with Crippen LogP contribution in [0.3, 0.4) is 0 Å². The van der Waals surface area contributed by atoms with Gasteiger partial charge in [0.05, 0.1) is 17.6 Å². The molecule has 2 fully saturated rings. The van der Waals surface area contributed by atoms with Crippen LogP contribution in [0.25, 0.3) is 0 Å². The van der Waals surface area contributed by atoms with Gasteiger partial charge in [0.25, 0.3) is 5.91 Å². The molecule has 7 nitrogen and oxygen atoms in total. The number of ether oxygens (including phenoxy) is 1. The molecule has 0 radical (unpaired) electrons. The van der Waals surface area contributed by atoms with E-state index in [9.17, 15) is 13.2 Å². The van der Waals surface area contributed by atoms with Crippen molar-refractivity contribution in [1.82, 2.24) is 10.6 Å². The summed E-state index contributed by atoms with van der Waals surface area (Å²) in [6.07, 6.45) is 3.70. The maximum atomic E-state index is 11.8. The standard InChI is InChI=1S/C13H19N3O4S/c14-6-10(7-15-11-3-5-21(18,19)9-11)13(17)16-8-12-2-1-4-20-12/h7,11-12,15H,1-5,8-9H2,(H,16,17)/b10-7-. The van der Waals surface area contributed by atoms with E-state index in [1.54, 1.807) is 0 Å². The Kier molecular flexibility index (Phi) is 5.20. The maximum absolute atomic E-state index is 11.8. The number of nitrogens with one attached hydrogen (secondary N) is 2. The van der Waals surface area contributed by atoms with Gasteiger partial charge in [0.1, 0.15) is 11.6 Å². The summed E-state index contributed by atoms with van der Waals surface area (Å²) in [7, 11) is -2.98. The zero-order valence-corrected chi connectivity index (χ0v) is 12.5. The molecule has 2 atom stereocenters. The first-order chi connectivity index (χ1) is 10.00. The third-order valence-electron chi connectivity index (χ3n) is 3.58. The number of sulfone groups is 1. The third kappa shape index (κ3) is 4.72. The molecule has 2 N–H and O–H groups in total. The van der Waals surface area contributed by atoms with Gasteiger partial charge in [-0.25, -0.2) is 8.42 Å². The van der Waals surface area contributed by atoms with Crippen molar-refractivity contribution in [2.24, 2.45) is 0 Å². The summed E-state index contributed by atoms with van der Waals surface area (Å²) in [5.74, 6) is -0.285. The van der Waals surface area contributed by atoms with Crippen LogP contribution in [0.5, 0.6) is 0 Å². The van der Waals surface area contributed by atoms with Crippen molar-refractivity contribution in [2.45, 2.75) is 31.4 Å². The SMILES string of the molecule is N#C/C(=C/NC1CCS(=O)(=O)C1)C(=O)NCC1CCCO1. The zero-order valence-electron chi connectivity index (χ0n) is 11.7. The topological polar surface area (TPSA) is 108 Å². The minimum absolute atomic E-state index is 0.0156. The predicted octanol–water partition coefficient (Wildman–Crippen LogP) is -0.534. The Hall–Kier alpha value is -1.59. The van der Waals surface area contributed by atoms with Gasteiger partial charge in [0.15, 0.2) is 9.84 Å². The van der Waals surface area contributed by atoms with Crippen LogP contribution < -0.4 is 10.6 Å². The van der Waals surface area contributed by atoms with Gasteiger partial charge in [-0.1, -0.05) is 0 Å². The number of hydrogen-bond acceptors (Lipinski definition) is 6.